The zero-order valence-corrected chi connectivity index (χ0v) is 15.3. The lowest BCUT2D eigenvalue weighted by molar-refractivity contribution is 0.593. The third-order valence-corrected chi connectivity index (χ3v) is 5.83. The normalized spacial score (nSPS) is 12.9. The standard InChI is InChI=1S/C15H14ClFN2O4S2/c1-10(9-11-5-7-12(16)8-6-11)25(22,23)19-15-13(17)3-2-4-14(15)24(18,20)21/h2-9,19H,1H3,(H2,18,20,21). The minimum absolute atomic E-state index is 0.154. The summed E-state index contributed by atoms with van der Waals surface area (Å²) in [4.78, 5) is -0.811. The van der Waals surface area contributed by atoms with Crippen molar-refractivity contribution in [1.29, 1.82) is 0 Å². The van der Waals surface area contributed by atoms with Crippen LogP contribution in [0.4, 0.5) is 10.1 Å². The number of halogens is 2. The van der Waals surface area contributed by atoms with Crippen molar-refractivity contribution in [2.45, 2.75) is 11.8 Å². The Hall–Kier alpha value is -1.94. The average molecular weight is 405 g/mol. The first-order valence-electron chi connectivity index (χ1n) is 6.79. The van der Waals surface area contributed by atoms with Gasteiger partial charge in [-0.15, -0.1) is 0 Å². The second kappa shape index (κ2) is 7.12. The zero-order chi connectivity index (χ0) is 18.8. The van der Waals surface area contributed by atoms with E-state index in [9.17, 15) is 21.2 Å². The molecule has 0 spiro atoms. The predicted molar refractivity (Wildman–Crippen MR) is 95.4 cm³/mol. The van der Waals surface area contributed by atoms with Crippen molar-refractivity contribution >= 4 is 43.4 Å². The Morgan fingerprint density at radius 1 is 1.12 bits per heavy atom. The summed E-state index contributed by atoms with van der Waals surface area (Å²) in [5, 5.41) is 5.49. The van der Waals surface area contributed by atoms with Gasteiger partial charge < -0.3 is 0 Å². The molecule has 0 aliphatic rings. The molecule has 6 nitrogen and oxygen atoms in total. The Kier molecular flexibility index (Phi) is 5.52. The van der Waals surface area contributed by atoms with Crippen LogP contribution < -0.4 is 9.86 Å². The molecule has 25 heavy (non-hydrogen) atoms. The van der Waals surface area contributed by atoms with Crippen molar-refractivity contribution in [2.75, 3.05) is 4.72 Å². The maximum atomic E-state index is 14.0. The molecule has 0 unspecified atom stereocenters. The number of sulfonamides is 2. The number of nitrogens with two attached hydrogens (primary N) is 1. The highest BCUT2D eigenvalue weighted by molar-refractivity contribution is 7.96. The van der Waals surface area contributed by atoms with Gasteiger partial charge in [0.05, 0.1) is 4.91 Å². The molecule has 2 rings (SSSR count). The van der Waals surface area contributed by atoms with Crippen LogP contribution in [0.25, 0.3) is 6.08 Å². The van der Waals surface area contributed by atoms with E-state index in [0.717, 1.165) is 18.2 Å². The summed E-state index contributed by atoms with van der Waals surface area (Å²) in [5.41, 5.74) is -0.179. The van der Waals surface area contributed by atoms with E-state index in [1.807, 2.05) is 4.72 Å². The molecule has 0 saturated carbocycles. The van der Waals surface area contributed by atoms with E-state index in [-0.39, 0.29) is 4.91 Å². The second-order valence-corrected chi connectivity index (χ2v) is 8.89. The third-order valence-electron chi connectivity index (χ3n) is 3.18. The fraction of sp³-hybridized carbons (Fsp3) is 0.0667. The van der Waals surface area contributed by atoms with E-state index in [0.29, 0.717) is 10.6 Å². The number of nitrogens with one attached hydrogen (secondary N) is 1. The Balaban J connectivity index is 2.44. The molecule has 0 fully saturated rings. The van der Waals surface area contributed by atoms with Crippen LogP contribution in [0.5, 0.6) is 0 Å². The van der Waals surface area contributed by atoms with Gasteiger partial charge in [-0.2, -0.15) is 0 Å². The van der Waals surface area contributed by atoms with Crippen LogP contribution in [-0.4, -0.2) is 16.8 Å². The van der Waals surface area contributed by atoms with Crippen LogP contribution in [0.15, 0.2) is 52.3 Å². The van der Waals surface area contributed by atoms with Crippen molar-refractivity contribution in [1.82, 2.24) is 0 Å². The fourth-order valence-corrected chi connectivity index (χ4v) is 3.75. The molecule has 2 aromatic carbocycles. The van der Waals surface area contributed by atoms with E-state index in [1.165, 1.54) is 13.0 Å². The molecule has 134 valence electrons. The summed E-state index contributed by atoms with van der Waals surface area (Å²) in [6, 6.07) is 9.40. The summed E-state index contributed by atoms with van der Waals surface area (Å²) >= 11 is 5.76. The van der Waals surface area contributed by atoms with Crippen LogP contribution in [0.2, 0.25) is 5.02 Å². The van der Waals surface area contributed by atoms with E-state index in [1.54, 1.807) is 24.3 Å². The summed E-state index contributed by atoms with van der Waals surface area (Å²) < 4.78 is 63.8. The van der Waals surface area contributed by atoms with E-state index < -0.39 is 36.4 Å². The number of benzene rings is 2. The van der Waals surface area contributed by atoms with Crippen LogP contribution in [0, 0.1) is 5.82 Å². The summed E-state index contributed by atoms with van der Waals surface area (Å²) in [6.07, 6.45) is 1.33. The number of rotatable bonds is 5. The monoisotopic (exact) mass is 404 g/mol. The average Bonchev–Trinajstić information content (AvgIpc) is 2.50. The van der Waals surface area contributed by atoms with Gasteiger partial charge in [0.1, 0.15) is 16.4 Å². The highest BCUT2D eigenvalue weighted by Gasteiger charge is 2.23. The van der Waals surface area contributed by atoms with Crippen LogP contribution >= 0.6 is 11.6 Å². The summed E-state index contributed by atoms with van der Waals surface area (Å²) in [5.74, 6) is -1.06. The highest BCUT2D eigenvalue weighted by atomic mass is 35.5. The number of hydrogen-bond acceptors (Lipinski definition) is 4. The molecule has 0 atom stereocenters. The molecule has 2 aromatic rings. The molecule has 0 amide bonds. The van der Waals surface area contributed by atoms with Crippen molar-refractivity contribution in [2.24, 2.45) is 5.14 Å². The lowest BCUT2D eigenvalue weighted by Crippen LogP contribution is -2.20. The van der Waals surface area contributed by atoms with Crippen LogP contribution in [0.1, 0.15) is 12.5 Å². The molecule has 0 bridgehead atoms. The van der Waals surface area contributed by atoms with Crippen molar-refractivity contribution < 1.29 is 21.2 Å². The molecule has 0 saturated heterocycles. The van der Waals surface area contributed by atoms with Crippen LogP contribution in [0.3, 0.4) is 0 Å². The number of para-hydroxylation sites is 1. The molecule has 0 aromatic heterocycles. The Morgan fingerprint density at radius 2 is 1.72 bits per heavy atom. The largest absolute Gasteiger partial charge is 0.276 e. The zero-order valence-electron chi connectivity index (χ0n) is 12.9. The Labute approximate surface area is 150 Å². The third kappa shape index (κ3) is 4.79. The topological polar surface area (TPSA) is 106 Å². The number of allylic oxidation sites excluding steroid dienone is 1. The molecular formula is C15H14ClFN2O4S2. The van der Waals surface area contributed by atoms with Gasteiger partial charge in [0.25, 0.3) is 10.0 Å². The number of primary sulfonamides is 1. The maximum Gasteiger partial charge on any atom is 0.257 e. The smallest absolute Gasteiger partial charge is 0.257 e. The molecule has 0 aliphatic carbocycles. The molecule has 0 heterocycles. The van der Waals surface area contributed by atoms with Gasteiger partial charge in [0.2, 0.25) is 10.0 Å². The first-order valence-corrected chi connectivity index (χ1v) is 10.2. The fourth-order valence-electron chi connectivity index (χ4n) is 1.93. The van der Waals surface area contributed by atoms with Gasteiger partial charge in [0.15, 0.2) is 0 Å². The predicted octanol–water partition coefficient (Wildman–Crippen LogP) is 2.93. The minimum Gasteiger partial charge on any atom is -0.276 e. The lowest BCUT2D eigenvalue weighted by Gasteiger charge is -2.12. The first-order chi connectivity index (χ1) is 11.5. The summed E-state index contributed by atoms with van der Waals surface area (Å²) in [6.45, 7) is 1.29. The van der Waals surface area contributed by atoms with E-state index in [2.05, 4.69) is 0 Å². The van der Waals surface area contributed by atoms with Gasteiger partial charge >= 0.3 is 0 Å². The number of hydrogen-bond donors (Lipinski definition) is 2. The Bertz CT molecular complexity index is 1030. The summed E-state index contributed by atoms with van der Waals surface area (Å²) in [7, 11) is -8.53. The van der Waals surface area contributed by atoms with Gasteiger partial charge in [-0.25, -0.2) is 26.4 Å². The maximum absolute atomic E-state index is 14.0. The SMILES string of the molecule is CC(=Cc1ccc(Cl)cc1)S(=O)(=O)Nc1c(F)cccc1S(N)(=O)=O. The molecule has 0 radical (unpaired) electrons. The molecule has 0 aliphatic heterocycles. The van der Waals surface area contributed by atoms with E-state index >= 15 is 0 Å². The van der Waals surface area contributed by atoms with Crippen molar-refractivity contribution in [3.8, 4) is 0 Å². The molecule has 3 N–H and O–H groups in total. The quantitative estimate of drug-likeness (QED) is 0.798. The lowest BCUT2D eigenvalue weighted by atomic mass is 10.2. The van der Waals surface area contributed by atoms with Gasteiger partial charge in [-0.05, 0) is 42.8 Å². The van der Waals surface area contributed by atoms with Crippen molar-refractivity contribution in [3.63, 3.8) is 0 Å². The minimum atomic E-state index is -4.32. The van der Waals surface area contributed by atoms with Crippen molar-refractivity contribution in [3.05, 3.63) is 63.8 Å². The first kappa shape index (κ1) is 19.4. The second-order valence-electron chi connectivity index (χ2n) is 5.07. The number of anilines is 1. The van der Waals surface area contributed by atoms with Gasteiger partial charge in [0, 0.05) is 5.02 Å². The Morgan fingerprint density at radius 3 is 2.28 bits per heavy atom. The van der Waals surface area contributed by atoms with Gasteiger partial charge in [-0.1, -0.05) is 29.8 Å². The van der Waals surface area contributed by atoms with Crippen LogP contribution in [-0.2, 0) is 20.0 Å². The van der Waals surface area contributed by atoms with E-state index in [4.69, 9.17) is 16.7 Å². The molecule has 10 heteroatoms. The highest BCUT2D eigenvalue weighted by Crippen LogP contribution is 2.26. The molecular weight excluding hydrogens is 391 g/mol. The van der Waals surface area contributed by atoms with Gasteiger partial charge in [-0.3, -0.25) is 4.72 Å².